The predicted molar refractivity (Wildman–Crippen MR) is 75.6 cm³/mol. The van der Waals surface area contributed by atoms with E-state index in [9.17, 15) is 9.90 Å². The average Bonchev–Trinajstić information content (AvgIpc) is 2.94. The molecule has 1 saturated heterocycles. The van der Waals surface area contributed by atoms with E-state index in [1.807, 2.05) is 12.1 Å². The van der Waals surface area contributed by atoms with Gasteiger partial charge in [-0.1, -0.05) is 45.0 Å². The Hall–Kier alpha value is -1.55. The van der Waals surface area contributed by atoms with E-state index in [2.05, 4.69) is 32.9 Å². The predicted octanol–water partition coefficient (Wildman–Crippen LogP) is 3.38. The number of likely N-dealkylation sites (tertiary alicyclic amines) is 1. The number of carbonyl (C=O) groups is 1. The number of carboxylic acid groups (broad SMARTS) is 1. The largest absolute Gasteiger partial charge is 0.465 e. The Balaban J connectivity index is 2.02. The third-order valence-corrected chi connectivity index (χ3v) is 4.37. The van der Waals surface area contributed by atoms with Crippen LogP contribution in [0.2, 0.25) is 0 Å². The van der Waals surface area contributed by atoms with Gasteiger partial charge in [0.1, 0.15) is 5.60 Å². The van der Waals surface area contributed by atoms with E-state index >= 15 is 0 Å². The van der Waals surface area contributed by atoms with Crippen LogP contribution < -0.4 is 0 Å². The maximum atomic E-state index is 11.2. The molecule has 3 rings (SSSR count). The van der Waals surface area contributed by atoms with Gasteiger partial charge in [-0.25, -0.2) is 4.79 Å². The average molecular weight is 275 g/mol. The molecule has 1 aromatic carbocycles. The van der Waals surface area contributed by atoms with Crippen LogP contribution >= 0.6 is 0 Å². The molecule has 0 saturated carbocycles. The number of amides is 1. The number of fused-ring (bicyclic) bond motifs is 2. The van der Waals surface area contributed by atoms with Crippen molar-refractivity contribution < 1.29 is 14.6 Å². The van der Waals surface area contributed by atoms with Crippen LogP contribution in [-0.4, -0.2) is 29.2 Å². The normalized spacial score (nSPS) is 28.9. The lowest BCUT2D eigenvalue weighted by molar-refractivity contribution is -0.109. The van der Waals surface area contributed by atoms with Gasteiger partial charge in [0.2, 0.25) is 0 Å². The van der Waals surface area contributed by atoms with E-state index in [0.29, 0.717) is 13.1 Å². The third-order valence-electron chi connectivity index (χ3n) is 4.37. The van der Waals surface area contributed by atoms with Crippen molar-refractivity contribution >= 4 is 6.09 Å². The molecule has 2 aliphatic heterocycles. The lowest BCUT2D eigenvalue weighted by Crippen LogP contribution is -2.34. The van der Waals surface area contributed by atoms with Crippen LogP contribution in [0.1, 0.15) is 44.4 Å². The first-order valence-corrected chi connectivity index (χ1v) is 7.09. The first kappa shape index (κ1) is 13.4. The van der Waals surface area contributed by atoms with Gasteiger partial charge in [0.25, 0.3) is 0 Å². The summed E-state index contributed by atoms with van der Waals surface area (Å²) >= 11 is 0. The Labute approximate surface area is 119 Å². The summed E-state index contributed by atoms with van der Waals surface area (Å²) in [5.41, 5.74) is 1.93. The minimum atomic E-state index is -0.859. The van der Waals surface area contributed by atoms with Crippen molar-refractivity contribution in [1.29, 1.82) is 0 Å². The summed E-state index contributed by atoms with van der Waals surface area (Å²) < 4.78 is 6.42. The van der Waals surface area contributed by atoms with E-state index in [1.165, 1.54) is 16.0 Å². The fraction of sp³-hybridized carbons (Fsp3) is 0.562. The minimum Gasteiger partial charge on any atom is -0.465 e. The smallest absolute Gasteiger partial charge is 0.407 e. The molecule has 0 bridgehead atoms. The monoisotopic (exact) mass is 275 g/mol. The molecule has 2 aliphatic rings. The maximum absolute atomic E-state index is 11.2. The van der Waals surface area contributed by atoms with Crippen molar-refractivity contribution in [3.8, 4) is 0 Å². The Morgan fingerprint density at radius 1 is 1.40 bits per heavy atom. The van der Waals surface area contributed by atoms with Crippen LogP contribution in [0.5, 0.6) is 0 Å². The molecule has 1 aromatic rings. The maximum Gasteiger partial charge on any atom is 0.407 e. The first-order valence-electron chi connectivity index (χ1n) is 7.09. The van der Waals surface area contributed by atoms with Crippen LogP contribution in [0.25, 0.3) is 0 Å². The highest BCUT2D eigenvalue weighted by Gasteiger charge is 2.52. The van der Waals surface area contributed by atoms with Crippen molar-refractivity contribution in [1.82, 2.24) is 4.90 Å². The molecule has 4 nitrogen and oxygen atoms in total. The van der Waals surface area contributed by atoms with Crippen molar-refractivity contribution in [2.45, 2.75) is 38.9 Å². The van der Waals surface area contributed by atoms with Gasteiger partial charge in [-0.3, -0.25) is 0 Å². The number of rotatable bonds is 0. The van der Waals surface area contributed by atoms with Crippen LogP contribution in [0.15, 0.2) is 24.3 Å². The van der Waals surface area contributed by atoms with Gasteiger partial charge in [-0.05, 0) is 16.5 Å². The topological polar surface area (TPSA) is 49.8 Å². The zero-order valence-corrected chi connectivity index (χ0v) is 12.2. The van der Waals surface area contributed by atoms with Gasteiger partial charge in [0, 0.05) is 13.0 Å². The van der Waals surface area contributed by atoms with Crippen LogP contribution in [0.3, 0.4) is 0 Å². The van der Waals surface area contributed by atoms with E-state index in [4.69, 9.17) is 4.74 Å². The van der Waals surface area contributed by atoms with Crippen LogP contribution in [0, 0.1) is 5.41 Å². The fourth-order valence-corrected chi connectivity index (χ4v) is 3.40. The summed E-state index contributed by atoms with van der Waals surface area (Å²) in [4.78, 5) is 12.7. The van der Waals surface area contributed by atoms with Gasteiger partial charge in [-0.15, -0.1) is 0 Å². The van der Waals surface area contributed by atoms with Gasteiger partial charge in [0.05, 0.1) is 12.6 Å². The molecule has 4 heteroatoms. The molecule has 1 fully saturated rings. The summed E-state index contributed by atoms with van der Waals surface area (Å²) in [6, 6.07) is 8.25. The SMILES string of the molecule is CC(C)(C)C1OC2(CCN(C(=O)O)C2)c2ccccc21. The number of ether oxygens (including phenoxy) is 1. The molecule has 0 aromatic heterocycles. The minimum absolute atomic E-state index is 0.00372. The molecular weight excluding hydrogens is 254 g/mol. The summed E-state index contributed by atoms with van der Waals surface area (Å²) in [6.45, 7) is 7.47. The van der Waals surface area contributed by atoms with Gasteiger partial charge < -0.3 is 14.7 Å². The molecule has 1 amide bonds. The zero-order chi connectivity index (χ0) is 14.5. The Bertz CT molecular complexity index is 549. The van der Waals surface area contributed by atoms with E-state index < -0.39 is 11.7 Å². The molecule has 0 radical (unpaired) electrons. The van der Waals surface area contributed by atoms with Crippen LogP contribution in [-0.2, 0) is 10.3 Å². The summed E-state index contributed by atoms with van der Waals surface area (Å²) in [5, 5.41) is 9.20. The summed E-state index contributed by atoms with van der Waals surface area (Å²) in [7, 11) is 0. The number of hydrogen-bond acceptors (Lipinski definition) is 2. The zero-order valence-electron chi connectivity index (χ0n) is 12.2. The highest BCUT2D eigenvalue weighted by Crippen LogP contribution is 2.53. The fourth-order valence-electron chi connectivity index (χ4n) is 3.40. The molecule has 2 heterocycles. The quantitative estimate of drug-likeness (QED) is 0.789. The molecule has 108 valence electrons. The molecule has 1 N–H and O–H groups in total. The molecular formula is C16H21NO3. The summed E-state index contributed by atoms with van der Waals surface area (Å²) in [6.07, 6.45) is -0.0993. The van der Waals surface area contributed by atoms with E-state index in [-0.39, 0.29) is 11.5 Å². The highest BCUT2D eigenvalue weighted by molar-refractivity contribution is 5.66. The van der Waals surface area contributed by atoms with Crippen molar-refractivity contribution in [3.05, 3.63) is 35.4 Å². The summed E-state index contributed by atoms with van der Waals surface area (Å²) in [5.74, 6) is 0. The number of nitrogens with zero attached hydrogens (tertiary/aromatic N) is 1. The third kappa shape index (κ3) is 1.90. The second kappa shape index (κ2) is 4.22. The number of hydrogen-bond donors (Lipinski definition) is 1. The van der Waals surface area contributed by atoms with Crippen molar-refractivity contribution in [2.75, 3.05) is 13.1 Å². The van der Waals surface area contributed by atoms with E-state index in [0.717, 1.165) is 6.42 Å². The van der Waals surface area contributed by atoms with Gasteiger partial charge in [-0.2, -0.15) is 0 Å². The van der Waals surface area contributed by atoms with Crippen molar-refractivity contribution in [3.63, 3.8) is 0 Å². The number of benzene rings is 1. The Morgan fingerprint density at radius 3 is 2.70 bits per heavy atom. The Morgan fingerprint density at radius 2 is 2.10 bits per heavy atom. The molecule has 2 unspecified atom stereocenters. The molecule has 0 aliphatic carbocycles. The molecule has 2 atom stereocenters. The second-order valence-electron chi connectivity index (χ2n) is 6.90. The van der Waals surface area contributed by atoms with Gasteiger partial charge >= 0.3 is 6.09 Å². The lowest BCUT2D eigenvalue weighted by atomic mass is 9.83. The molecule has 20 heavy (non-hydrogen) atoms. The van der Waals surface area contributed by atoms with Crippen molar-refractivity contribution in [2.24, 2.45) is 5.41 Å². The highest BCUT2D eigenvalue weighted by atomic mass is 16.5. The molecule has 1 spiro atoms. The standard InChI is InChI=1S/C16H21NO3/c1-15(2,3)13-11-6-4-5-7-12(11)16(20-13)8-9-17(10-16)14(18)19/h4-7,13H,8-10H2,1-3H3,(H,18,19). The Kier molecular flexibility index (Phi) is 2.83. The van der Waals surface area contributed by atoms with Crippen LogP contribution in [0.4, 0.5) is 4.79 Å². The lowest BCUT2D eigenvalue weighted by Gasteiger charge is -2.31. The van der Waals surface area contributed by atoms with E-state index in [1.54, 1.807) is 0 Å². The first-order chi connectivity index (χ1) is 9.33. The second-order valence-corrected chi connectivity index (χ2v) is 6.90. The van der Waals surface area contributed by atoms with Gasteiger partial charge in [0.15, 0.2) is 0 Å².